The fraction of sp³-hybridized carbons (Fsp3) is 0.909. The van der Waals surface area contributed by atoms with E-state index in [0.717, 1.165) is 5.92 Å². The van der Waals surface area contributed by atoms with E-state index in [1.165, 1.54) is 32.1 Å². The summed E-state index contributed by atoms with van der Waals surface area (Å²) in [7, 11) is 0. The van der Waals surface area contributed by atoms with Crippen LogP contribution in [-0.4, -0.2) is 11.9 Å². The van der Waals surface area contributed by atoms with Crippen LogP contribution in [0.15, 0.2) is 0 Å². The lowest BCUT2D eigenvalue weighted by molar-refractivity contribution is -0.121. The third-order valence-electron chi connectivity index (χ3n) is 3.07. The highest BCUT2D eigenvalue weighted by atomic mass is 16.1. The van der Waals surface area contributed by atoms with Gasteiger partial charge in [-0.1, -0.05) is 26.2 Å². The van der Waals surface area contributed by atoms with E-state index in [9.17, 15) is 4.79 Å². The van der Waals surface area contributed by atoms with Crippen molar-refractivity contribution in [1.82, 2.24) is 5.32 Å². The van der Waals surface area contributed by atoms with Gasteiger partial charge in [0.15, 0.2) is 0 Å². The van der Waals surface area contributed by atoms with Gasteiger partial charge in [-0.15, -0.1) is 0 Å². The van der Waals surface area contributed by atoms with Crippen LogP contribution in [0, 0.1) is 5.92 Å². The third-order valence-corrected chi connectivity index (χ3v) is 3.07. The Morgan fingerprint density at radius 3 is 2.54 bits per heavy atom. The first kappa shape index (κ1) is 10.6. The van der Waals surface area contributed by atoms with Crippen molar-refractivity contribution in [2.75, 3.05) is 0 Å². The molecule has 1 N–H and O–H groups in total. The summed E-state index contributed by atoms with van der Waals surface area (Å²) in [5.41, 5.74) is 0. The van der Waals surface area contributed by atoms with Crippen LogP contribution < -0.4 is 5.32 Å². The standard InChI is InChI=1S/C11H21NO/c1-3-11(13)12-9(2)10-7-5-4-6-8-10/h9-10H,3-8H2,1-2H3,(H,12,13)/t9-/m0/s1. The molecule has 1 amide bonds. The molecule has 0 unspecified atom stereocenters. The van der Waals surface area contributed by atoms with E-state index in [-0.39, 0.29) is 5.91 Å². The molecule has 13 heavy (non-hydrogen) atoms. The highest BCUT2D eigenvalue weighted by Crippen LogP contribution is 2.26. The van der Waals surface area contributed by atoms with Crippen molar-refractivity contribution >= 4 is 5.91 Å². The van der Waals surface area contributed by atoms with E-state index in [4.69, 9.17) is 0 Å². The topological polar surface area (TPSA) is 29.1 Å². The van der Waals surface area contributed by atoms with Gasteiger partial charge >= 0.3 is 0 Å². The summed E-state index contributed by atoms with van der Waals surface area (Å²) in [6.45, 7) is 4.05. The molecule has 0 spiro atoms. The normalized spacial score (nSPS) is 21.1. The minimum atomic E-state index is 0.193. The van der Waals surface area contributed by atoms with Crippen molar-refractivity contribution in [3.05, 3.63) is 0 Å². The Morgan fingerprint density at radius 2 is 2.00 bits per heavy atom. The minimum Gasteiger partial charge on any atom is -0.353 e. The summed E-state index contributed by atoms with van der Waals surface area (Å²) in [6, 6.07) is 0.382. The van der Waals surface area contributed by atoms with Gasteiger partial charge in [0.05, 0.1) is 0 Å². The Bertz CT molecular complexity index is 161. The first-order valence-corrected chi connectivity index (χ1v) is 5.53. The minimum absolute atomic E-state index is 0.193. The molecule has 0 aliphatic heterocycles. The van der Waals surface area contributed by atoms with Gasteiger partial charge in [0.25, 0.3) is 0 Å². The molecule has 2 heteroatoms. The maximum absolute atomic E-state index is 11.2. The molecular formula is C11H21NO. The highest BCUT2D eigenvalue weighted by molar-refractivity contribution is 5.75. The molecule has 2 nitrogen and oxygen atoms in total. The summed E-state index contributed by atoms with van der Waals surface area (Å²) in [5.74, 6) is 0.919. The predicted molar refractivity (Wildman–Crippen MR) is 54.5 cm³/mol. The van der Waals surface area contributed by atoms with Crippen LogP contribution in [0.1, 0.15) is 52.4 Å². The smallest absolute Gasteiger partial charge is 0.219 e. The molecule has 0 aromatic carbocycles. The van der Waals surface area contributed by atoms with Crippen LogP contribution in [0.3, 0.4) is 0 Å². The summed E-state index contributed by atoms with van der Waals surface area (Å²) in [6.07, 6.45) is 7.27. The van der Waals surface area contributed by atoms with Crippen molar-refractivity contribution in [2.45, 2.75) is 58.4 Å². The molecule has 1 saturated carbocycles. The van der Waals surface area contributed by atoms with Gasteiger partial charge in [0.1, 0.15) is 0 Å². The number of carbonyl (C=O) groups is 1. The van der Waals surface area contributed by atoms with Crippen molar-refractivity contribution in [1.29, 1.82) is 0 Å². The molecule has 0 bridgehead atoms. The van der Waals surface area contributed by atoms with Gasteiger partial charge in [-0.25, -0.2) is 0 Å². The molecule has 1 rings (SSSR count). The number of hydrogen-bond acceptors (Lipinski definition) is 1. The van der Waals surface area contributed by atoms with Gasteiger partial charge in [0.2, 0.25) is 5.91 Å². The lowest BCUT2D eigenvalue weighted by atomic mass is 9.84. The van der Waals surface area contributed by atoms with E-state index in [1.54, 1.807) is 0 Å². The molecule has 0 radical (unpaired) electrons. The summed E-state index contributed by atoms with van der Waals surface area (Å²) in [4.78, 5) is 11.2. The molecule has 1 aliphatic carbocycles. The first-order valence-electron chi connectivity index (χ1n) is 5.53. The molecule has 0 aromatic heterocycles. The molecule has 1 aliphatic rings. The van der Waals surface area contributed by atoms with Crippen molar-refractivity contribution < 1.29 is 4.79 Å². The van der Waals surface area contributed by atoms with Gasteiger partial charge in [-0.05, 0) is 25.7 Å². The molecule has 0 heterocycles. The van der Waals surface area contributed by atoms with Crippen LogP contribution in [0.4, 0.5) is 0 Å². The maximum Gasteiger partial charge on any atom is 0.219 e. The summed E-state index contributed by atoms with van der Waals surface area (Å²) < 4.78 is 0. The summed E-state index contributed by atoms with van der Waals surface area (Å²) >= 11 is 0. The van der Waals surface area contributed by atoms with E-state index in [0.29, 0.717) is 12.5 Å². The maximum atomic E-state index is 11.2. The quantitative estimate of drug-likeness (QED) is 0.715. The third kappa shape index (κ3) is 3.37. The van der Waals surface area contributed by atoms with Gasteiger partial charge < -0.3 is 5.32 Å². The predicted octanol–water partition coefficient (Wildman–Crippen LogP) is 2.48. The van der Waals surface area contributed by atoms with Crippen LogP contribution in [0.5, 0.6) is 0 Å². The van der Waals surface area contributed by atoms with E-state index >= 15 is 0 Å². The van der Waals surface area contributed by atoms with Gasteiger partial charge in [-0.2, -0.15) is 0 Å². The van der Waals surface area contributed by atoms with Gasteiger partial charge in [-0.3, -0.25) is 4.79 Å². The lowest BCUT2D eigenvalue weighted by Crippen LogP contribution is -2.38. The Kier molecular flexibility index (Phi) is 4.26. The second-order valence-corrected chi connectivity index (χ2v) is 4.11. The van der Waals surface area contributed by atoms with Crippen LogP contribution in [-0.2, 0) is 4.79 Å². The van der Waals surface area contributed by atoms with Crippen molar-refractivity contribution in [2.24, 2.45) is 5.92 Å². The Morgan fingerprint density at radius 1 is 1.38 bits per heavy atom. The monoisotopic (exact) mass is 183 g/mol. The SMILES string of the molecule is CCC(=O)N[C@@H](C)C1CCCCC1. The zero-order valence-corrected chi connectivity index (χ0v) is 8.81. The fourth-order valence-electron chi connectivity index (χ4n) is 2.11. The fourth-order valence-corrected chi connectivity index (χ4v) is 2.11. The second-order valence-electron chi connectivity index (χ2n) is 4.11. The van der Waals surface area contributed by atoms with Crippen LogP contribution in [0.25, 0.3) is 0 Å². The molecule has 0 saturated heterocycles. The average molecular weight is 183 g/mol. The lowest BCUT2D eigenvalue weighted by Gasteiger charge is -2.28. The Hall–Kier alpha value is -0.530. The first-order chi connectivity index (χ1) is 6.24. The Balaban J connectivity index is 2.28. The molecule has 0 aromatic rings. The van der Waals surface area contributed by atoms with E-state index < -0.39 is 0 Å². The van der Waals surface area contributed by atoms with Crippen molar-refractivity contribution in [3.8, 4) is 0 Å². The zero-order chi connectivity index (χ0) is 9.68. The number of amides is 1. The molecule has 76 valence electrons. The van der Waals surface area contributed by atoms with Gasteiger partial charge in [0, 0.05) is 12.5 Å². The van der Waals surface area contributed by atoms with Crippen LogP contribution >= 0.6 is 0 Å². The largest absolute Gasteiger partial charge is 0.353 e. The molecule has 1 fully saturated rings. The van der Waals surface area contributed by atoms with E-state index in [1.807, 2.05) is 6.92 Å². The number of rotatable bonds is 3. The Labute approximate surface area is 81.1 Å². The zero-order valence-electron chi connectivity index (χ0n) is 8.81. The molecule has 1 atom stereocenters. The molecular weight excluding hydrogens is 162 g/mol. The second kappa shape index (κ2) is 5.25. The number of carbonyl (C=O) groups excluding carboxylic acids is 1. The number of hydrogen-bond donors (Lipinski definition) is 1. The van der Waals surface area contributed by atoms with E-state index in [2.05, 4.69) is 12.2 Å². The average Bonchev–Trinajstić information content (AvgIpc) is 2.19. The van der Waals surface area contributed by atoms with Crippen LogP contribution in [0.2, 0.25) is 0 Å². The number of nitrogens with one attached hydrogen (secondary N) is 1. The highest BCUT2D eigenvalue weighted by Gasteiger charge is 2.20. The van der Waals surface area contributed by atoms with Crippen molar-refractivity contribution in [3.63, 3.8) is 0 Å². The summed E-state index contributed by atoms with van der Waals surface area (Å²) in [5, 5.41) is 3.06.